The van der Waals surface area contributed by atoms with Crippen molar-refractivity contribution in [3.63, 3.8) is 0 Å². The third-order valence-electron chi connectivity index (χ3n) is 1.18. The van der Waals surface area contributed by atoms with E-state index in [-0.39, 0.29) is 0 Å². The lowest BCUT2D eigenvalue weighted by Crippen LogP contribution is -1.75. The maximum absolute atomic E-state index is 5.19. The Balaban J connectivity index is 2.41. The molecule has 1 rings (SSSR count). The molecule has 0 radical (unpaired) electrons. The second-order valence-corrected chi connectivity index (χ2v) is 1.65. The van der Waals surface area contributed by atoms with Crippen LogP contribution >= 0.6 is 0 Å². The minimum absolute atomic E-state index is 1.13. The monoisotopic (exact) mass is 95.1 g/mol. The summed E-state index contributed by atoms with van der Waals surface area (Å²) in [6.07, 6.45) is 4.88. The summed E-state index contributed by atoms with van der Waals surface area (Å²) in [5.74, 6) is 0. The summed E-state index contributed by atoms with van der Waals surface area (Å²) < 4.78 is 0. The maximum atomic E-state index is 5.19. The maximum Gasteiger partial charge on any atom is 0.00144 e. The molecule has 0 saturated heterocycles. The van der Waals surface area contributed by atoms with E-state index in [1.165, 1.54) is 11.1 Å². The quantitative estimate of drug-likeness (QED) is 0.520. The first-order valence-electron chi connectivity index (χ1n) is 2.51. The largest absolute Gasteiger partial charge is 0.404 e. The van der Waals surface area contributed by atoms with Gasteiger partial charge in [-0.2, -0.15) is 0 Å². The Bertz CT molecular complexity index is 131. The number of nitrogens with two attached hydrogens (primary N) is 1. The van der Waals surface area contributed by atoms with E-state index in [9.17, 15) is 0 Å². The molecule has 2 N–H and O–H groups in total. The molecule has 0 atom stereocenters. The average molecular weight is 95.1 g/mol. The molecule has 0 fully saturated rings. The van der Waals surface area contributed by atoms with E-state index in [1.807, 2.05) is 0 Å². The Kier molecular flexibility index (Phi) is 0.895. The van der Waals surface area contributed by atoms with E-state index < -0.39 is 0 Å². The summed E-state index contributed by atoms with van der Waals surface area (Å²) in [5.41, 5.74) is 7.83. The van der Waals surface area contributed by atoms with E-state index in [4.69, 9.17) is 5.73 Å². The second kappa shape index (κ2) is 1.41. The molecule has 0 unspecified atom stereocenters. The van der Waals surface area contributed by atoms with Crippen LogP contribution < -0.4 is 5.73 Å². The van der Waals surface area contributed by atoms with Crippen LogP contribution in [0.4, 0.5) is 0 Å². The molecule has 1 aliphatic rings. The van der Waals surface area contributed by atoms with Gasteiger partial charge in [-0.25, -0.2) is 0 Å². The molecule has 0 aromatic heterocycles. The van der Waals surface area contributed by atoms with Gasteiger partial charge < -0.3 is 5.73 Å². The van der Waals surface area contributed by atoms with Gasteiger partial charge in [0.05, 0.1) is 0 Å². The zero-order chi connectivity index (χ0) is 5.28. The number of hydrogen-bond donors (Lipinski definition) is 1. The lowest BCUT2D eigenvalue weighted by atomic mass is 10.3. The van der Waals surface area contributed by atoms with Crippen LogP contribution in [-0.2, 0) is 0 Å². The van der Waals surface area contributed by atoms with Crippen molar-refractivity contribution >= 4 is 0 Å². The molecule has 7 heavy (non-hydrogen) atoms. The molecule has 1 aliphatic carbocycles. The highest BCUT2D eigenvalue weighted by Gasteiger charge is 2.10. The van der Waals surface area contributed by atoms with Crippen molar-refractivity contribution in [1.29, 1.82) is 0 Å². The fraction of sp³-hybridized carbons (Fsp3) is 0.333. The first kappa shape index (κ1) is 4.44. The van der Waals surface area contributed by atoms with E-state index in [1.54, 1.807) is 6.20 Å². The van der Waals surface area contributed by atoms with Gasteiger partial charge in [0.1, 0.15) is 0 Å². The topological polar surface area (TPSA) is 26.0 Å². The second-order valence-electron chi connectivity index (χ2n) is 1.65. The lowest BCUT2D eigenvalue weighted by Gasteiger charge is -1.75. The molecule has 0 aromatic rings. The smallest absolute Gasteiger partial charge is 0.00144 e. The van der Waals surface area contributed by atoms with Crippen LogP contribution in [0.15, 0.2) is 23.4 Å². The summed E-state index contributed by atoms with van der Waals surface area (Å²) in [4.78, 5) is 0. The van der Waals surface area contributed by atoms with Gasteiger partial charge in [-0.1, -0.05) is 6.92 Å². The summed E-state index contributed by atoms with van der Waals surface area (Å²) in [6, 6.07) is 0. The predicted octanol–water partition coefficient (Wildman–Crippen LogP) is 1.18. The number of hydrogen-bond acceptors (Lipinski definition) is 1. The minimum atomic E-state index is 1.13. The Morgan fingerprint density at radius 2 is 2.57 bits per heavy atom. The zero-order valence-corrected chi connectivity index (χ0v) is 4.44. The Labute approximate surface area is 43.5 Å². The first-order chi connectivity index (χ1) is 3.38. The standard InChI is InChI=1S/C6H9N/c1-2-5-3-6(5)4-7/h3-4H,2,7H2,1H3/b6-4-. The third-order valence-corrected chi connectivity index (χ3v) is 1.18. The van der Waals surface area contributed by atoms with Crippen LogP contribution in [-0.4, -0.2) is 0 Å². The Morgan fingerprint density at radius 3 is 2.71 bits per heavy atom. The van der Waals surface area contributed by atoms with Crippen LogP contribution in [0.1, 0.15) is 13.3 Å². The highest BCUT2D eigenvalue weighted by atomic mass is 14.5. The summed E-state index contributed by atoms with van der Waals surface area (Å²) in [5, 5.41) is 0. The summed E-state index contributed by atoms with van der Waals surface area (Å²) >= 11 is 0. The van der Waals surface area contributed by atoms with Crippen molar-refractivity contribution < 1.29 is 0 Å². The molecule has 0 amide bonds. The van der Waals surface area contributed by atoms with Gasteiger partial charge in [0.25, 0.3) is 0 Å². The highest BCUT2D eigenvalue weighted by Crippen LogP contribution is 2.28. The summed E-state index contributed by atoms with van der Waals surface area (Å²) in [7, 11) is 0. The van der Waals surface area contributed by atoms with Crippen LogP contribution in [0.25, 0.3) is 0 Å². The van der Waals surface area contributed by atoms with E-state index in [0.29, 0.717) is 0 Å². The van der Waals surface area contributed by atoms with Crippen molar-refractivity contribution in [2.24, 2.45) is 5.73 Å². The van der Waals surface area contributed by atoms with Gasteiger partial charge in [0.15, 0.2) is 0 Å². The normalized spacial score (nSPS) is 22.4. The van der Waals surface area contributed by atoms with Crippen LogP contribution in [0.5, 0.6) is 0 Å². The van der Waals surface area contributed by atoms with Gasteiger partial charge in [-0.15, -0.1) is 0 Å². The van der Waals surface area contributed by atoms with E-state index in [0.717, 1.165) is 6.42 Å². The van der Waals surface area contributed by atoms with Gasteiger partial charge in [-0.3, -0.25) is 0 Å². The molecule has 0 aliphatic heterocycles. The van der Waals surface area contributed by atoms with Crippen molar-refractivity contribution in [1.82, 2.24) is 0 Å². The predicted molar refractivity (Wildman–Crippen MR) is 30.6 cm³/mol. The van der Waals surface area contributed by atoms with Gasteiger partial charge >= 0.3 is 0 Å². The third kappa shape index (κ3) is 0.660. The van der Waals surface area contributed by atoms with Crippen molar-refractivity contribution in [2.75, 3.05) is 0 Å². The molecule has 0 heterocycles. The minimum Gasteiger partial charge on any atom is -0.404 e. The molecular formula is C6H9N. The lowest BCUT2D eigenvalue weighted by molar-refractivity contribution is 1.19. The van der Waals surface area contributed by atoms with Crippen LogP contribution in [0, 0.1) is 0 Å². The molecule has 38 valence electrons. The molecule has 1 heteroatoms. The zero-order valence-electron chi connectivity index (χ0n) is 4.44. The highest BCUT2D eigenvalue weighted by molar-refractivity contribution is 5.56. The molecule has 0 aromatic carbocycles. The number of allylic oxidation sites excluding steroid dienone is 3. The van der Waals surface area contributed by atoms with Crippen molar-refractivity contribution in [3.8, 4) is 0 Å². The van der Waals surface area contributed by atoms with Crippen LogP contribution in [0.2, 0.25) is 0 Å². The average Bonchev–Trinajstić information content (AvgIpc) is 2.43. The van der Waals surface area contributed by atoms with E-state index >= 15 is 0 Å². The molecule has 0 bridgehead atoms. The Hall–Kier alpha value is -0.720. The van der Waals surface area contributed by atoms with Gasteiger partial charge in [0.2, 0.25) is 0 Å². The SMILES string of the molecule is CCC1=CC/1=C/N. The van der Waals surface area contributed by atoms with Crippen molar-refractivity contribution in [3.05, 3.63) is 23.4 Å². The molecular weight excluding hydrogens is 86.1 g/mol. The number of rotatable bonds is 1. The summed E-state index contributed by atoms with van der Waals surface area (Å²) in [6.45, 7) is 2.13. The van der Waals surface area contributed by atoms with E-state index in [2.05, 4.69) is 13.0 Å². The fourth-order valence-corrected chi connectivity index (χ4v) is 0.613. The van der Waals surface area contributed by atoms with Gasteiger partial charge in [-0.05, 0) is 23.6 Å². The molecule has 0 spiro atoms. The van der Waals surface area contributed by atoms with Gasteiger partial charge in [0, 0.05) is 6.20 Å². The molecule has 1 nitrogen and oxygen atoms in total. The fourth-order valence-electron chi connectivity index (χ4n) is 0.613. The molecule has 0 saturated carbocycles. The van der Waals surface area contributed by atoms with Crippen LogP contribution in [0.3, 0.4) is 0 Å². The Morgan fingerprint density at radius 1 is 1.86 bits per heavy atom. The van der Waals surface area contributed by atoms with Crippen molar-refractivity contribution in [2.45, 2.75) is 13.3 Å². The first-order valence-corrected chi connectivity index (χ1v) is 2.51.